The minimum Gasteiger partial charge on any atom is -0.320 e. The van der Waals surface area contributed by atoms with Crippen LogP contribution in [0.5, 0.6) is 0 Å². The van der Waals surface area contributed by atoms with Gasteiger partial charge in [-0.2, -0.15) is 0 Å². The zero-order valence-corrected chi connectivity index (χ0v) is 13.8. The molecule has 0 unspecified atom stereocenters. The maximum Gasteiger partial charge on any atom is 0.332 e. The van der Waals surface area contributed by atoms with Crippen molar-refractivity contribution in [1.29, 1.82) is 0 Å². The van der Waals surface area contributed by atoms with Crippen molar-refractivity contribution in [3.63, 3.8) is 0 Å². The normalized spacial score (nSPS) is 10.9. The van der Waals surface area contributed by atoms with Gasteiger partial charge in [-0.3, -0.25) is 18.7 Å². The SMILES string of the molecule is Cc1cc(F)ccc1NC(=O)c1ccc2c(=O)n(C)c(=O)n(C)c2n1. The fraction of sp³-hybridized carbons (Fsp3) is 0.176. The number of carbonyl (C=O) groups is 1. The molecule has 0 bridgehead atoms. The van der Waals surface area contributed by atoms with Gasteiger partial charge in [0.2, 0.25) is 0 Å². The van der Waals surface area contributed by atoms with Crippen LogP contribution in [0.1, 0.15) is 16.1 Å². The zero-order chi connectivity index (χ0) is 18.3. The molecule has 1 N–H and O–H groups in total. The van der Waals surface area contributed by atoms with E-state index in [4.69, 9.17) is 0 Å². The molecule has 128 valence electrons. The summed E-state index contributed by atoms with van der Waals surface area (Å²) >= 11 is 0. The fourth-order valence-corrected chi connectivity index (χ4v) is 2.53. The largest absolute Gasteiger partial charge is 0.332 e. The number of aromatic nitrogens is 3. The van der Waals surface area contributed by atoms with E-state index in [9.17, 15) is 18.8 Å². The van der Waals surface area contributed by atoms with Crippen LogP contribution < -0.4 is 16.6 Å². The number of hydrogen-bond acceptors (Lipinski definition) is 4. The Morgan fingerprint density at radius 3 is 2.52 bits per heavy atom. The Kier molecular flexibility index (Phi) is 3.96. The quantitative estimate of drug-likeness (QED) is 0.761. The third-order valence-corrected chi connectivity index (χ3v) is 3.97. The van der Waals surface area contributed by atoms with Crippen LogP contribution in [0.15, 0.2) is 39.9 Å². The van der Waals surface area contributed by atoms with E-state index in [0.717, 1.165) is 4.57 Å². The molecular weight excluding hydrogens is 327 g/mol. The lowest BCUT2D eigenvalue weighted by molar-refractivity contribution is 0.102. The number of amides is 1. The summed E-state index contributed by atoms with van der Waals surface area (Å²) in [7, 11) is 2.85. The summed E-state index contributed by atoms with van der Waals surface area (Å²) in [5.74, 6) is -0.921. The number of aryl methyl sites for hydroxylation is 2. The van der Waals surface area contributed by atoms with Crippen molar-refractivity contribution in [2.45, 2.75) is 6.92 Å². The van der Waals surface area contributed by atoms with E-state index in [1.807, 2.05) is 0 Å². The molecule has 2 aromatic heterocycles. The molecule has 25 heavy (non-hydrogen) atoms. The summed E-state index contributed by atoms with van der Waals surface area (Å²) in [6.45, 7) is 1.67. The standard InChI is InChI=1S/C17H15FN4O3/c1-9-8-10(18)4-6-12(9)20-15(23)13-7-5-11-14(19-13)21(2)17(25)22(3)16(11)24/h4-8H,1-3H3,(H,20,23). The van der Waals surface area contributed by atoms with Gasteiger partial charge in [0.15, 0.2) is 0 Å². The molecule has 0 saturated heterocycles. The lowest BCUT2D eigenvalue weighted by Gasteiger charge is -2.10. The molecule has 3 rings (SSSR count). The van der Waals surface area contributed by atoms with Gasteiger partial charge in [0.1, 0.15) is 17.2 Å². The number of anilines is 1. The van der Waals surface area contributed by atoms with Gasteiger partial charge >= 0.3 is 5.69 Å². The highest BCUT2D eigenvalue weighted by Crippen LogP contribution is 2.17. The first-order valence-corrected chi connectivity index (χ1v) is 7.44. The molecule has 0 aliphatic carbocycles. The Bertz CT molecular complexity index is 1130. The van der Waals surface area contributed by atoms with Gasteiger partial charge in [-0.15, -0.1) is 0 Å². The van der Waals surface area contributed by atoms with E-state index in [2.05, 4.69) is 10.3 Å². The number of nitrogens with one attached hydrogen (secondary N) is 1. The number of rotatable bonds is 2. The predicted molar refractivity (Wildman–Crippen MR) is 91.3 cm³/mol. The number of halogens is 1. The minimum atomic E-state index is -0.531. The van der Waals surface area contributed by atoms with E-state index in [1.54, 1.807) is 6.92 Å². The third-order valence-electron chi connectivity index (χ3n) is 3.97. The van der Waals surface area contributed by atoms with Crippen LogP contribution in [0.25, 0.3) is 11.0 Å². The lowest BCUT2D eigenvalue weighted by Crippen LogP contribution is -2.37. The van der Waals surface area contributed by atoms with Crippen LogP contribution in [0.2, 0.25) is 0 Å². The summed E-state index contributed by atoms with van der Waals surface area (Å²) in [5.41, 5.74) is 0.168. The van der Waals surface area contributed by atoms with Crippen molar-refractivity contribution in [2.75, 3.05) is 5.32 Å². The topological polar surface area (TPSA) is 86.0 Å². The summed E-state index contributed by atoms with van der Waals surface area (Å²) < 4.78 is 15.3. The first kappa shape index (κ1) is 16.6. The van der Waals surface area contributed by atoms with Crippen LogP contribution >= 0.6 is 0 Å². The summed E-state index contributed by atoms with van der Waals surface area (Å²) in [4.78, 5) is 40.7. The van der Waals surface area contributed by atoms with Crippen molar-refractivity contribution in [3.8, 4) is 0 Å². The Morgan fingerprint density at radius 1 is 1.12 bits per heavy atom. The number of benzene rings is 1. The van der Waals surface area contributed by atoms with Crippen LogP contribution in [0.3, 0.4) is 0 Å². The molecule has 1 amide bonds. The molecule has 2 heterocycles. The van der Waals surface area contributed by atoms with Crippen LogP contribution in [0.4, 0.5) is 10.1 Å². The van der Waals surface area contributed by atoms with E-state index in [-0.39, 0.29) is 16.7 Å². The van der Waals surface area contributed by atoms with Crippen LogP contribution in [-0.2, 0) is 14.1 Å². The maximum atomic E-state index is 13.1. The molecule has 8 heteroatoms. The second-order valence-electron chi connectivity index (χ2n) is 5.69. The lowest BCUT2D eigenvalue weighted by atomic mass is 10.2. The van der Waals surface area contributed by atoms with Gasteiger partial charge < -0.3 is 5.32 Å². The van der Waals surface area contributed by atoms with Gasteiger partial charge in [-0.25, -0.2) is 14.2 Å². The molecule has 1 aromatic carbocycles. The molecule has 0 radical (unpaired) electrons. The average Bonchev–Trinajstić information content (AvgIpc) is 2.60. The molecule has 0 aliphatic heterocycles. The molecule has 0 fully saturated rings. The summed E-state index contributed by atoms with van der Waals surface area (Å²) in [5, 5.41) is 2.87. The Hall–Kier alpha value is -3.29. The monoisotopic (exact) mass is 342 g/mol. The summed E-state index contributed by atoms with van der Waals surface area (Å²) in [6, 6.07) is 6.86. The first-order valence-electron chi connectivity index (χ1n) is 7.44. The van der Waals surface area contributed by atoms with Gasteiger partial charge in [-0.1, -0.05) is 0 Å². The average molecular weight is 342 g/mol. The van der Waals surface area contributed by atoms with Gasteiger partial charge in [0, 0.05) is 19.8 Å². The zero-order valence-electron chi connectivity index (χ0n) is 13.8. The molecule has 7 nitrogen and oxygen atoms in total. The smallest absolute Gasteiger partial charge is 0.320 e. The number of hydrogen-bond donors (Lipinski definition) is 1. The van der Waals surface area contributed by atoms with Gasteiger partial charge in [0.05, 0.1) is 5.39 Å². The van der Waals surface area contributed by atoms with Gasteiger partial charge in [-0.05, 0) is 42.8 Å². The Balaban J connectivity index is 2.06. The van der Waals surface area contributed by atoms with E-state index in [0.29, 0.717) is 11.3 Å². The molecular formula is C17H15FN4O3. The molecule has 0 atom stereocenters. The highest BCUT2D eigenvalue weighted by molar-refractivity contribution is 6.04. The summed E-state index contributed by atoms with van der Waals surface area (Å²) in [6.07, 6.45) is 0. The van der Waals surface area contributed by atoms with E-state index < -0.39 is 23.0 Å². The molecule has 3 aromatic rings. The number of pyridine rings is 1. The third kappa shape index (κ3) is 2.82. The molecule has 0 spiro atoms. The van der Waals surface area contributed by atoms with Crippen LogP contribution in [0, 0.1) is 12.7 Å². The maximum absolute atomic E-state index is 13.1. The minimum absolute atomic E-state index is 0.0412. The highest BCUT2D eigenvalue weighted by atomic mass is 19.1. The number of carbonyl (C=O) groups excluding carboxylic acids is 1. The molecule has 0 saturated carbocycles. The van der Waals surface area contributed by atoms with Gasteiger partial charge in [0.25, 0.3) is 11.5 Å². The van der Waals surface area contributed by atoms with Crippen molar-refractivity contribution in [1.82, 2.24) is 14.1 Å². The van der Waals surface area contributed by atoms with Crippen LogP contribution in [-0.4, -0.2) is 20.0 Å². The predicted octanol–water partition coefficient (Wildman–Crippen LogP) is 1.33. The fourth-order valence-electron chi connectivity index (χ4n) is 2.53. The second-order valence-corrected chi connectivity index (χ2v) is 5.69. The Labute approximate surface area is 141 Å². The van der Waals surface area contributed by atoms with E-state index >= 15 is 0 Å². The number of fused-ring (bicyclic) bond motifs is 1. The second kappa shape index (κ2) is 5.97. The number of nitrogens with zero attached hydrogens (tertiary/aromatic N) is 3. The molecule has 0 aliphatic rings. The van der Waals surface area contributed by atoms with E-state index in [1.165, 1.54) is 49.0 Å². The van der Waals surface area contributed by atoms with Crippen molar-refractivity contribution < 1.29 is 9.18 Å². The van der Waals surface area contributed by atoms with Crippen molar-refractivity contribution in [2.24, 2.45) is 14.1 Å². The first-order chi connectivity index (χ1) is 11.8. The highest BCUT2D eigenvalue weighted by Gasteiger charge is 2.14. The van der Waals surface area contributed by atoms with Crippen molar-refractivity contribution in [3.05, 3.63) is 68.2 Å². The Morgan fingerprint density at radius 2 is 1.84 bits per heavy atom. The van der Waals surface area contributed by atoms with Crippen molar-refractivity contribution >= 4 is 22.6 Å².